The van der Waals surface area contributed by atoms with Crippen LogP contribution in [0.1, 0.15) is 30.9 Å². The van der Waals surface area contributed by atoms with Gasteiger partial charge in [0, 0.05) is 23.6 Å². The summed E-state index contributed by atoms with van der Waals surface area (Å²) in [7, 11) is 0. The summed E-state index contributed by atoms with van der Waals surface area (Å²) < 4.78 is 0. The van der Waals surface area contributed by atoms with Gasteiger partial charge in [0.15, 0.2) is 0 Å². The van der Waals surface area contributed by atoms with Crippen molar-refractivity contribution in [3.63, 3.8) is 0 Å². The first-order valence-corrected chi connectivity index (χ1v) is 5.03. The van der Waals surface area contributed by atoms with E-state index in [1.807, 2.05) is 6.20 Å². The highest BCUT2D eigenvalue weighted by Gasteiger charge is 2.09. The van der Waals surface area contributed by atoms with Crippen LogP contribution < -0.4 is 5.73 Å². The number of nitrogens with two attached hydrogens (primary N) is 1. The minimum atomic E-state index is 0.541. The highest BCUT2D eigenvalue weighted by Crippen LogP contribution is 2.27. The van der Waals surface area contributed by atoms with Crippen LogP contribution in [0.3, 0.4) is 0 Å². The number of fused-ring (bicyclic) bond motifs is 1. The molecule has 1 heterocycles. The lowest BCUT2D eigenvalue weighted by atomic mass is 9.97. The monoisotopic (exact) mass is 188 g/mol. The predicted molar refractivity (Wildman–Crippen MR) is 60.3 cm³/mol. The summed E-state index contributed by atoms with van der Waals surface area (Å²) in [5, 5.41) is 1.31. The Hall–Kier alpha value is -1.28. The first-order valence-electron chi connectivity index (χ1n) is 5.03. The van der Waals surface area contributed by atoms with E-state index in [0.29, 0.717) is 12.5 Å². The summed E-state index contributed by atoms with van der Waals surface area (Å²) in [4.78, 5) is 3.25. The summed E-state index contributed by atoms with van der Waals surface area (Å²) in [5.74, 6) is 0.541. The van der Waals surface area contributed by atoms with Crippen molar-refractivity contribution in [1.29, 1.82) is 0 Å². The molecule has 0 aliphatic rings. The highest BCUT2D eigenvalue weighted by molar-refractivity contribution is 5.87. The Morgan fingerprint density at radius 2 is 2.14 bits per heavy atom. The van der Waals surface area contributed by atoms with E-state index in [9.17, 15) is 0 Å². The average Bonchev–Trinajstić information content (AvgIpc) is 2.59. The predicted octanol–water partition coefficient (Wildman–Crippen LogP) is 2.75. The minimum absolute atomic E-state index is 0.541. The second-order valence-corrected chi connectivity index (χ2v) is 3.94. The van der Waals surface area contributed by atoms with Crippen LogP contribution in [0.5, 0.6) is 0 Å². The van der Waals surface area contributed by atoms with Crippen LogP contribution in [0.25, 0.3) is 10.9 Å². The molecular weight excluding hydrogens is 172 g/mol. The van der Waals surface area contributed by atoms with Gasteiger partial charge in [-0.2, -0.15) is 0 Å². The molecule has 1 aromatic heterocycles. The van der Waals surface area contributed by atoms with E-state index in [0.717, 1.165) is 0 Å². The van der Waals surface area contributed by atoms with Crippen molar-refractivity contribution in [2.75, 3.05) is 0 Å². The summed E-state index contributed by atoms with van der Waals surface area (Å²) in [5.41, 5.74) is 9.49. The van der Waals surface area contributed by atoms with Crippen molar-refractivity contribution in [2.24, 2.45) is 5.73 Å². The zero-order valence-electron chi connectivity index (χ0n) is 8.67. The Kier molecular flexibility index (Phi) is 2.30. The Labute approximate surface area is 84.1 Å². The molecule has 0 saturated heterocycles. The molecule has 0 bridgehead atoms. The van der Waals surface area contributed by atoms with E-state index in [-0.39, 0.29) is 0 Å². The first kappa shape index (κ1) is 9.28. The molecular formula is C12H16N2. The van der Waals surface area contributed by atoms with E-state index in [1.165, 1.54) is 22.0 Å². The lowest BCUT2D eigenvalue weighted by Crippen LogP contribution is -1.97. The zero-order valence-corrected chi connectivity index (χ0v) is 8.67. The molecule has 0 saturated carbocycles. The van der Waals surface area contributed by atoms with Gasteiger partial charge < -0.3 is 10.7 Å². The molecule has 74 valence electrons. The summed E-state index contributed by atoms with van der Waals surface area (Å²) in [6, 6.07) is 6.37. The van der Waals surface area contributed by atoms with Crippen molar-refractivity contribution < 1.29 is 0 Å². The van der Waals surface area contributed by atoms with E-state index in [1.54, 1.807) is 0 Å². The third-order valence-electron chi connectivity index (χ3n) is 2.66. The average molecular weight is 188 g/mol. The molecule has 2 heteroatoms. The molecule has 0 aliphatic heterocycles. The molecule has 0 unspecified atom stereocenters. The van der Waals surface area contributed by atoms with Gasteiger partial charge in [-0.1, -0.05) is 26.0 Å². The van der Waals surface area contributed by atoms with Gasteiger partial charge in [-0.3, -0.25) is 0 Å². The Balaban J connectivity index is 2.75. The van der Waals surface area contributed by atoms with E-state index < -0.39 is 0 Å². The number of nitrogens with one attached hydrogen (secondary N) is 1. The number of aromatic nitrogens is 1. The normalized spacial score (nSPS) is 11.4. The third-order valence-corrected chi connectivity index (χ3v) is 2.66. The van der Waals surface area contributed by atoms with E-state index in [4.69, 9.17) is 5.73 Å². The van der Waals surface area contributed by atoms with Crippen molar-refractivity contribution in [3.8, 4) is 0 Å². The van der Waals surface area contributed by atoms with Crippen LogP contribution in [0.2, 0.25) is 0 Å². The second kappa shape index (κ2) is 3.46. The van der Waals surface area contributed by atoms with E-state index >= 15 is 0 Å². The fraction of sp³-hybridized carbons (Fsp3) is 0.333. The molecule has 2 nitrogen and oxygen atoms in total. The van der Waals surface area contributed by atoms with Gasteiger partial charge >= 0.3 is 0 Å². The second-order valence-electron chi connectivity index (χ2n) is 3.94. The number of hydrogen-bond acceptors (Lipinski definition) is 1. The summed E-state index contributed by atoms with van der Waals surface area (Å²) in [6.45, 7) is 5.02. The molecule has 3 N–H and O–H groups in total. The Morgan fingerprint density at radius 3 is 2.79 bits per heavy atom. The number of rotatable bonds is 2. The number of hydrogen-bond donors (Lipinski definition) is 2. The molecule has 0 radical (unpaired) electrons. The molecule has 0 atom stereocenters. The smallest absolute Gasteiger partial charge is 0.0460 e. The maximum absolute atomic E-state index is 5.71. The van der Waals surface area contributed by atoms with Crippen LogP contribution in [0.15, 0.2) is 24.4 Å². The van der Waals surface area contributed by atoms with Crippen LogP contribution in [-0.4, -0.2) is 4.98 Å². The minimum Gasteiger partial charge on any atom is -0.361 e. The fourth-order valence-corrected chi connectivity index (χ4v) is 1.93. The number of benzene rings is 1. The van der Waals surface area contributed by atoms with Crippen LogP contribution in [0.4, 0.5) is 0 Å². The standard InChI is InChI=1S/C12H16N2/c1-8(2)10-4-3-5-11-12(10)9(6-13)7-14-11/h3-5,7-8,14H,6,13H2,1-2H3. The van der Waals surface area contributed by atoms with Crippen molar-refractivity contribution >= 4 is 10.9 Å². The van der Waals surface area contributed by atoms with Gasteiger partial charge in [-0.15, -0.1) is 0 Å². The third kappa shape index (κ3) is 1.32. The topological polar surface area (TPSA) is 41.8 Å². The number of H-pyrrole nitrogens is 1. The molecule has 0 spiro atoms. The van der Waals surface area contributed by atoms with Crippen LogP contribution >= 0.6 is 0 Å². The van der Waals surface area contributed by atoms with Gasteiger partial charge in [0.1, 0.15) is 0 Å². The van der Waals surface area contributed by atoms with Crippen LogP contribution in [0, 0.1) is 0 Å². The fourth-order valence-electron chi connectivity index (χ4n) is 1.93. The highest BCUT2D eigenvalue weighted by atomic mass is 14.7. The Morgan fingerprint density at radius 1 is 1.36 bits per heavy atom. The molecule has 14 heavy (non-hydrogen) atoms. The molecule has 0 aliphatic carbocycles. The molecule has 0 amide bonds. The summed E-state index contributed by atoms with van der Waals surface area (Å²) >= 11 is 0. The summed E-state index contributed by atoms with van der Waals surface area (Å²) in [6.07, 6.45) is 2.01. The van der Waals surface area contributed by atoms with Crippen molar-refractivity contribution in [1.82, 2.24) is 4.98 Å². The first-order chi connectivity index (χ1) is 6.74. The van der Waals surface area contributed by atoms with E-state index in [2.05, 4.69) is 37.0 Å². The maximum atomic E-state index is 5.71. The molecule has 1 aromatic carbocycles. The van der Waals surface area contributed by atoms with Gasteiger partial charge in [-0.25, -0.2) is 0 Å². The SMILES string of the molecule is CC(C)c1cccc2[nH]cc(CN)c12. The lowest BCUT2D eigenvalue weighted by Gasteiger charge is -2.08. The molecule has 2 rings (SSSR count). The molecule has 2 aromatic rings. The van der Waals surface area contributed by atoms with Gasteiger partial charge in [0.2, 0.25) is 0 Å². The molecule has 0 fully saturated rings. The largest absolute Gasteiger partial charge is 0.361 e. The van der Waals surface area contributed by atoms with Gasteiger partial charge in [-0.05, 0) is 23.1 Å². The maximum Gasteiger partial charge on any atom is 0.0460 e. The van der Waals surface area contributed by atoms with Crippen molar-refractivity contribution in [2.45, 2.75) is 26.3 Å². The Bertz CT molecular complexity index is 441. The van der Waals surface area contributed by atoms with Gasteiger partial charge in [0.25, 0.3) is 0 Å². The van der Waals surface area contributed by atoms with Crippen molar-refractivity contribution in [3.05, 3.63) is 35.5 Å². The lowest BCUT2D eigenvalue weighted by molar-refractivity contribution is 0.874. The number of aromatic amines is 1. The zero-order chi connectivity index (χ0) is 10.1. The quantitative estimate of drug-likeness (QED) is 0.747. The van der Waals surface area contributed by atoms with Gasteiger partial charge in [0.05, 0.1) is 0 Å². The van der Waals surface area contributed by atoms with Crippen LogP contribution in [-0.2, 0) is 6.54 Å².